The highest BCUT2D eigenvalue weighted by molar-refractivity contribution is 5.84. The van der Waals surface area contributed by atoms with E-state index < -0.39 is 18.1 Å². The molecule has 0 fully saturated rings. The number of amides is 2. The van der Waals surface area contributed by atoms with Crippen molar-refractivity contribution in [1.29, 1.82) is 0 Å². The van der Waals surface area contributed by atoms with Crippen LogP contribution < -0.4 is 35.3 Å². The van der Waals surface area contributed by atoms with Crippen molar-refractivity contribution in [3.05, 3.63) is 35.4 Å². The number of carbonyl (C=O) groups excluding carboxylic acids is 2. The number of carbonyl (C=O) groups is 3. The molecule has 0 radical (unpaired) electrons. The largest absolute Gasteiger partial charge is 0.493 e. The first-order valence-electron chi connectivity index (χ1n) is 12.4. The molecule has 11 nitrogen and oxygen atoms in total. The van der Waals surface area contributed by atoms with Crippen LogP contribution in [-0.4, -0.2) is 57.0 Å². The Morgan fingerprint density at radius 1 is 1.08 bits per heavy atom. The number of aliphatic carboxylic acids is 1. The Bertz CT molecular complexity index is 1180. The topological polar surface area (TPSA) is 158 Å². The Hall–Kier alpha value is -3.99. The van der Waals surface area contributed by atoms with E-state index in [1.165, 1.54) is 6.92 Å². The minimum absolute atomic E-state index is 0.180. The van der Waals surface area contributed by atoms with E-state index in [0.29, 0.717) is 61.6 Å². The normalized spacial score (nSPS) is 14.7. The van der Waals surface area contributed by atoms with Gasteiger partial charge in [0, 0.05) is 19.0 Å². The highest BCUT2D eigenvalue weighted by atomic mass is 16.6. The first-order valence-corrected chi connectivity index (χ1v) is 12.4. The van der Waals surface area contributed by atoms with Gasteiger partial charge in [0.25, 0.3) is 0 Å². The number of benzene rings is 2. The van der Waals surface area contributed by atoms with Gasteiger partial charge in [-0.05, 0) is 67.0 Å². The number of ether oxygens (including phenoxy) is 4. The molecule has 0 bridgehead atoms. The number of nitrogens with two attached hydrogens (primary N) is 1. The first kappa shape index (κ1) is 28.6. The van der Waals surface area contributed by atoms with E-state index in [2.05, 4.69) is 10.6 Å². The number of hydrogen-bond donors (Lipinski definition) is 4. The van der Waals surface area contributed by atoms with Crippen LogP contribution in [0.25, 0.3) is 11.1 Å². The number of carboxylic acid groups (broad SMARTS) is 1. The molecule has 206 valence electrons. The van der Waals surface area contributed by atoms with E-state index in [0.717, 1.165) is 22.3 Å². The Morgan fingerprint density at radius 2 is 1.82 bits per heavy atom. The summed E-state index contributed by atoms with van der Waals surface area (Å²) in [6, 6.07) is 5.92. The van der Waals surface area contributed by atoms with Gasteiger partial charge in [0.05, 0.1) is 27.4 Å². The average Bonchev–Trinajstić information content (AvgIpc) is 3.03. The summed E-state index contributed by atoms with van der Waals surface area (Å²) < 4.78 is 22.4. The molecule has 1 aliphatic carbocycles. The molecular weight excluding hydrogens is 494 g/mol. The summed E-state index contributed by atoms with van der Waals surface area (Å²) in [5, 5.41) is 14.5. The highest BCUT2D eigenvalue weighted by Gasteiger charge is 2.29. The quantitative estimate of drug-likeness (QED) is 0.321. The number of unbranched alkanes of at least 4 members (excludes halogenated alkanes) is 1. The third-order valence-corrected chi connectivity index (χ3v) is 6.40. The molecule has 0 saturated carbocycles. The van der Waals surface area contributed by atoms with Crippen LogP contribution in [0.15, 0.2) is 24.3 Å². The van der Waals surface area contributed by atoms with Crippen molar-refractivity contribution in [2.75, 3.05) is 27.9 Å². The molecular formula is C27H35N3O8. The highest BCUT2D eigenvalue weighted by Crippen LogP contribution is 2.50. The fraction of sp³-hybridized carbons (Fsp3) is 0.444. The number of methoxy groups -OCH3 is 3. The SMILES string of the molecule is COc1cc2c(c(OC)c1OC)-c1ccc(OC(=O)NCCCCC(N)C(=O)O)cc1[C@@H](NC(C)=O)CC2. The van der Waals surface area contributed by atoms with Crippen LogP contribution in [0.2, 0.25) is 0 Å². The molecule has 0 spiro atoms. The standard InChI is InChI=1S/C27H35N3O8/c1-15(31)30-21-11-8-16-13-22(35-2)24(36-3)25(37-4)23(16)18-10-9-17(14-19(18)21)38-27(34)29-12-6-5-7-20(28)26(32)33/h9-10,13-14,20-21H,5-8,11-12,28H2,1-4H3,(H,29,34)(H,30,31)(H,32,33)/t20?,21-/m0/s1. The lowest BCUT2D eigenvalue weighted by atomic mass is 9.93. The lowest BCUT2D eigenvalue weighted by Crippen LogP contribution is -2.31. The molecule has 2 aromatic rings. The van der Waals surface area contributed by atoms with Gasteiger partial charge in [-0.2, -0.15) is 0 Å². The van der Waals surface area contributed by atoms with E-state index in [1.807, 2.05) is 12.1 Å². The summed E-state index contributed by atoms with van der Waals surface area (Å²) in [5.74, 6) is 0.607. The van der Waals surface area contributed by atoms with Gasteiger partial charge in [-0.15, -0.1) is 0 Å². The number of hydrogen-bond acceptors (Lipinski definition) is 8. The van der Waals surface area contributed by atoms with Crippen LogP contribution in [0.1, 0.15) is 49.8 Å². The van der Waals surface area contributed by atoms with Crippen molar-refractivity contribution in [3.63, 3.8) is 0 Å². The minimum Gasteiger partial charge on any atom is -0.493 e. The summed E-state index contributed by atoms with van der Waals surface area (Å²) in [6.45, 7) is 1.78. The monoisotopic (exact) mass is 529 g/mol. The Balaban J connectivity index is 1.87. The van der Waals surface area contributed by atoms with Crippen molar-refractivity contribution in [1.82, 2.24) is 10.6 Å². The summed E-state index contributed by atoms with van der Waals surface area (Å²) in [6.07, 6.45) is 2.04. The third kappa shape index (κ3) is 6.65. The molecule has 2 aromatic carbocycles. The second-order valence-electron chi connectivity index (χ2n) is 8.98. The predicted octanol–water partition coefficient (Wildman–Crippen LogP) is 3.17. The molecule has 5 N–H and O–H groups in total. The lowest BCUT2D eigenvalue weighted by molar-refractivity contribution is -0.138. The molecule has 1 unspecified atom stereocenters. The van der Waals surface area contributed by atoms with Crippen LogP contribution in [0.5, 0.6) is 23.0 Å². The Kier molecular flexibility index (Phi) is 9.78. The molecule has 2 amide bonds. The van der Waals surface area contributed by atoms with E-state index in [-0.39, 0.29) is 11.9 Å². The van der Waals surface area contributed by atoms with Crippen LogP contribution in [0.4, 0.5) is 4.79 Å². The lowest BCUT2D eigenvalue weighted by Gasteiger charge is -2.21. The first-order chi connectivity index (χ1) is 18.2. The van der Waals surface area contributed by atoms with E-state index in [4.69, 9.17) is 29.8 Å². The van der Waals surface area contributed by atoms with Gasteiger partial charge < -0.3 is 40.4 Å². The van der Waals surface area contributed by atoms with Crippen molar-refractivity contribution < 1.29 is 38.4 Å². The zero-order chi connectivity index (χ0) is 27.8. The molecule has 38 heavy (non-hydrogen) atoms. The van der Waals surface area contributed by atoms with Gasteiger partial charge in [-0.3, -0.25) is 9.59 Å². The maximum Gasteiger partial charge on any atom is 0.412 e. The fourth-order valence-corrected chi connectivity index (χ4v) is 4.62. The molecule has 1 aliphatic rings. The molecule has 0 aromatic heterocycles. The average molecular weight is 530 g/mol. The number of nitrogens with one attached hydrogen (secondary N) is 2. The molecule has 11 heteroatoms. The third-order valence-electron chi connectivity index (χ3n) is 6.40. The van der Waals surface area contributed by atoms with Gasteiger partial charge in [-0.25, -0.2) is 4.79 Å². The number of rotatable bonds is 11. The fourth-order valence-electron chi connectivity index (χ4n) is 4.62. The maximum atomic E-state index is 12.4. The summed E-state index contributed by atoms with van der Waals surface area (Å²) in [4.78, 5) is 35.2. The Labute approximate surface area is 221 Å². The summed E-state index contributed by atoms with van der Waals surface area (Å²) >= 11 is 0. The van der Waals surface area contributed by atoms with Crippen molar-refractivity contribution >= 4 is 18.0 Å². The minimum atomic E-state index is -1.05. The number of aryl methyl sites for hydroxylation is 1. The molecule has 0 aliphatic heterocycles. The van der Waals surface area contributed by atoms with Gasteiger partial charge in [-0.1, -0.05) is 6.07 Å². The van der Waals surface area contributed by atoms with Crippen molar-refractivity contribution in [2.45, 2.75) is 51.1 Å². The zero-order valence-corrected chi connectivity index (χ0v) is 22.1. The van der Waals surface area contributed by atoms with Gasteiger partial charge >= 0.3 is 12.1 Å². The number of carboxylic acids is 1. The van der Waals surface area contributed by atoms with Gasteiger partial charge in [0.15, 0.2) is 11.5 Å². The van der Waals surface area contributed by atoms with Gasteiger partial charge in [0.1, 0.15) is 11.8 Å². The summed E-state index contributed by atoms with van der Waals surface area (Å²) in [5.41, 5.74) is 8.88. The Morgan fingerprint density at radius 3 is 2.45 bits per heavy atom. The molecule has 3 rings (SSSR count). The molecule has 2 atom stereocenters. The van der Waals surface area contributed by atoms with Crippen LogP contribution in [0.3, 0.4) is 0 Å². The molecule has 0 saturated heterocycles. The smallest absolute Gasteiger partial charge is 0.412 e. The van der Waals surface area contributed by atoms with Gasteiger partial charge in [0.2, 0.25) is 11.7 Å². The molecule has 0 heterocycles. The van der Waals surface area contributed by atoms with E-state index in [1.54, 1.807) is 33.5 Å². The maximum absolute atomic E-state index is 12.4. The van der Waals surface area contributed by atoms with Crippen molar-refractivity contribution in [2.24, 2.45) is 5.73 Å². The van der Waals surface area contributed by atoms with E-state index >= 15 is 0 Å². The van der Waals surface area contributed by atoms with Crippen LogP contribution >= 0.6 is 0 Å². The van der Waals surface area contributed by atoms with Crippen LogP contribution in [-0.2, 0) is 16.0 Å². The van der Waals surface area contributed by atoms with Crippen LogP contribution in [0, 0.1) is 0 Å². The van der Waals surface area contributed by atoms with Crippen molar-refractivity contribution in [3.8, 4) is 34.1 Å². The number of fused-ring (bicyclic) bond motifs is 3. The second-order valence-corrected chi connectivity index (χ2v) is 8.98. The zero-order valence-electron chi connectivity index (χ0n) is 22.1. The second kappa shape index (κ2) is 13.0. The summed E-state index contributed by atoms with van der Waals surface area (Å²) in [7, 11) is 4.67. The van der Waals surface area contributed by atoms with E-state index in [9.17, 15) is 14.4 Å². The predicted molar refractivity (Wildman–Crippen MR) is 140 cm³/mol.